The molecule has 0 aromatic carbocycles. The summed E-state index contributed by atoms with van der Waals surface area (Å²) in [5.41, 5.74) is 0.747. The Kier molecular flexibility index (Phi) is 5.59. The Balaban J connectivity index is 1.72. The van der Waals surface area contributed by atoms with Crippen LogP contribution in [0.1, 0.15) is 33.1 Å². The van der Waals surface area contributed by atoms with Crippen molar-refractivity contribution in [2.75, 3.05) is 25.1 Å². The normalized spacial score (nSPS) is 14.8. The van der Waals surface area contributed by atoms with Gasteiger partial charge in [0.25, 0.3) is 5.56 Å². The maximum Gasteiger partial charge on any atom is 0.268 e. The lowest BCUT2D eigenvalue weighted by Crippen LogP contribution is -2.25. The van der Waals surface area contributed by atoms with Crippen LogP contribution in [0.2, 0.25) is 0 Å². The van der Waals surface area contributed by atoms with Gasteiger partial charge in [0.2, 0.25) is 0 Å². The predicted octanol–water partition coefficient (Wildman–Crippen LogP) is 2.13. The third-order valence-corrected chi connectivity index (χ3v) is 3.45. The van der Waals surface area contributed by atoms with Crippen LogP contribution in [0.3, 0.4) is 0 Å². The van der Waals surface area contributed by atoms with E-state index in [9.17, 15) is 4.79 Å². The fourth-order valence-electron chi connectivity index (χ4n) is 1.85. The van der Waals surface area contributed by atoms with Crippen molar-refractivity contribution in [3.8, 4) is 0 Å². The molecule has 0 radical (unpaired) electrons. The summed E-state index contributed by atoms with van der Waals surface area (Å²) < 4.78 is 6.96. The lowest BCUT2D eigenvalue weighted by Gasteiger charge is -2.09. The van der Waals surface area contributed by atoms with Crippen molar-refractivity contribution in [1.82, 2.24) is 9.78 Å². The van der Waals surface area contributed by atoms with E-state index >= 15 is 0 Å². The van der Waals surface area contributed by atoms with E-state index in [1.165, 1.54) is 17.5 Å². The summed E-state index contributed by atoms with van der Waals surface area (Å²) >= 11 is 0. The molecule has 0 amide bonds. The van der Waals surface area contributed by atoms with Gasteiger partial charge in [0, 0.05) is 19.2 Å². The third kappa shape index (κ3) is 5.33. The molecule has 1 aliphatic rings. The molecule has 0 aliphatic heterocycles. The molecule has 1 aromatic heterocycles. The van der Waals surface area contributed by atoms with E-state index in [4.69, 9.17) is 4.74 Å². The standard InChI is InChI=1S/C15H25N3O2/c1-12(2)5-7-20-8-6-18-15(19)9-14(11-17-18)16-10-13-3-4-13/h9,11-13,16H,3-8,10H2,1-2H3. The average Bonchev–Trinajstić information content (AvgIpc) is 3.21. The number of rotatable bonds is 9. The lowest BCUT2D eigenvalue weighted by molar-refractivity contribution is 0.113. The van der Waals surface area contributed by atoms with E-state index in [0.717, 1.165) is 31.2 Å². The molecule has 5 nitrogen and oxygen atoms in total. The fraction of sp³-hybridized carbons (Fsp3) is 0.733. The highest BCUT2D eigenvalue weighted by Gasteiger charge is 2.20. The van der Waals surface area contributed by atoms with E-state index in [2.05, 4.69) is 24.3 Å². The number of hydrogen-bond acceptors (Lipinski definition) is 4. The minimum Gasteiger partial charge on any atom is -0.383 e. The highest BCUT2D eigenvalue weighted by Crippen LogP contribution is 2.28. The molecule has 112 valence electrons. The molecule has 20 heavy (non-hydrogen) atoms. The third-order valence-electron chi connectivity index (χ3n) is 3.45. The van der Waals surface area contributed by atoms with Gasteiger partial charge < -0.3 is 10.1 Å². The Morgan fingerprint density at radius 2 is 2.25 bits per heavy atom. The van der Waals surface area contributed by atoms with Crippen LogP contribution >= 0.6 is 0 Å². The number of hydrogen-bond donors (Lipinski definition) is 1. The van der Waals surface area contributed by atoms with Gasteiger partial charge in [-0.3, -0.25) is 4.79 Å². The number of nitrogens with one attached hydrogen (secondary N) is 1. The van der Waals surface area contributed by atoms with Crippen molar-refractivity contribution >= 4 is 5.69 Å². The van der Waals surface area contributed by atoms with Crippen molar-refractivity contribution in [2.24, 2.45) is 11.8 Å². The molecule has 2 rings (SSSR count). The van der Waals surface area contributed by atoms with Crippen LogP contribution in [0.25, 0.3) is 0 Å². The van der Waals surface area contributed by atoms with E-state index in [1.807, 2.05) is 0 Å². The first-order valence-corrected chi connectivity index (χ1v) is 7.54. The van der Waals surface area contributed by atoms with Crippen LogP contribution in [0.4, 0.5) is 5.69 Å². The summed E-state index contributed by atoms with van der Waals surface area (Å²) in [7, 11) is 0. The fourth-order valence-corrected chi connectivity index (χ4v) is 1.85. The molecule has 1 aromatic rings. The van der Waals surface area contributed by atoms with E-state index < -0.39 is 0 Å². The van der Waals surface area contributed by atoms with Crippen LogP contribution in [-0.2, 0) is 11.3 Å². The second-order valence-corrected chi connectivity index (χ2v) is 5.92. The summed E-state index contributed by atoms with van der Waals surface area (Å²) in [6, 6.07) is 1.61. The van der Waals surface area contributed by atoms with Crippen molar-refractivity contribution in [1.29, 1.82) is 0 Å². The van der Waals surface area contributed by atoms with Gasteiger partial charge in [-0.1, -0.05) is 13.8 Å². The first-order chi connectivity index (χ1) is 9.65. The maximum atomic E-state index is 11.9. The second-order valence-electron chi connectivity index (χ2n) is 5.92. The quantitative estimate of drug-likeness (QED) is 0.704. The molecule has 1 fully saturated rings. The Morgan fingerprint density at radius 3 is 2.90 bits per heavy atom. The number of anilines is 1. The van der Waals surface area contributed by atoms with Gasteiger partial charge in [0.1, 0.15) is 0 Å². The first kappa shape index (κ1) is 15.0. The van der Waals surface area contributed by atoms with Gasteiger partial charge in [-0.25, -0.2) is 4.68 Å². The smallest absolute Gasteiger partial charge is 0.268 e. The van der Waals surface area contributed by atoms with Crippen LogP contribution < -0.4 is 10.9 Å². The van der Waals surface area contributed by atoms with Crippen molar-refractivity contribution < 1.29 is 4.74 Å². The Hall–Kier alpha value is -1.36. The first-order valence-electron chi connectivity index (χ1n) is 7.54. The van der Waals surface area contributed by atoms with Crippen molar-refractivity contribution in [3.05, 3.63) is 22.6 Å². The molecule has 0 bridgehead atoms. The molecule has 0 atom stereocenters. The van der Waals surface area contributed by atoms with Gasteiger partial charge in [0.05, 0.1) is 25.0 Å². The van der Waals surface area contributed by atoms with E-state index in [0.29, 0.717) is 19.1 Å². The zero-order valence-electron chi connectivity index (χ0n) is 12.5. The molecular formula is C15H25N3O2. The van der Waals surface area contributed by atoms with Crippen LogP contribution in [0, 0.1) is 11.8 Å². The topological polar surface area (TPSA) is 56.1 Å². The summed E-state index contributed by atoms with van der Waals surface area (Å²) in [5.74, 6) is 1.43. The summed E-state index contributed by atoms with van der Waals surface area (Å²) in [6.45, 7) is 7.08. The second kappa shape index (κ2) is 7.43. The summed E-state index contributed by atoms with van der Waals surface area (Å²) in [5, 5.41) is 7.43. The monoisotopic (exact) mass is 279 g/mol. The zero-order valence-corrected chi connectivity index (χ0v) is 12.5. The molecular weight excluding hydrogens is 254 g/mol. The van der Waals surface area contributed by atoms with Crippen molar-refractivity contribution in [3.63, 3.8) is 0 Å². The Morgan fingerprint density at radius 1 is 1.45 bits per heavy atom. The molecule has 5 heteroatoms. The number of aromatic nitrogens is 2. The Bertz CT molecular complexity index is 466. The van der Waals surface area contributed by atoms with Gasteiger partial charge in [-0.2, -0.15) is 5.10 Å². The van der Waals surface area contributed by atoms with Crippen molar-refractivity contribution in [2.45, 2.75) is 39.7 Å². The largest absolute Gasteiger partial charge is 0.383 e. The molecule has 1 heterocycles. The zero-order chi connectivity index (χ0) is 14.4. The van der Waals surface area contributed by atoms with Crippen LogP contribution in [0.15, 0.2) is 17.1 Å². The van der Waals surface area contributed by atoms with Gasteiger partial charge in [-0.15, -0.1) is 0 Å². The molecule has 0 unspecified atom stereocenters. The van der Waals surface area contributed by atoms with E-state index in [1.54, 1.807) is 12.3 Å². The average molecular weight is 279 g/mol. The number of ether oxygens (including phenoxy) is 1. The predicted molar refractivity (Wildman–Crippen MR) is 80.0 cm³/mol. The SMILES string of the molecule is CC(C)CCOCCn1ncc(NCC2CC2)cc1=O. The molecule has 1 saturated carbocycles. The summed E-state index contributed by atoms with van der Waals surface area (Å²) in [6.07, 6.45) is 5.36. The molecule has 1 aliphatic carbocycles. The van der Waals surface area contributed by atoms with Crippen LogP contribution in [0.5, 0.6) is 0 Å². The lowest BCUT2D eigenvalue weighted by atomic mass is 10.1. The van der Waals surface area contributed by atoms with Gasteiger partial charge >= 0.3 is 0 Å². The van der Waals surface area contributed by atoms with E-state index in [-0.39, 0.29) is 5.56 Å². The van der Waals surface area contributed by atoms with Gasteiger partial charge in [-0.05, 0) is 31.1 Å². The molecule has 1 N–H and O–H groups in total. The minimum absolute atomic E-state index is 0.0711. The van der Waals surface area contributed by atoms with Crippen LogP contribution in [-0.4, -0.2) is 29.5 Å². The highest BCUT2D eigenvalue weighted by molar-refractivity contribution is 5.38. The summed E-state index contributed by atoms with van der Waals surface area (Å²) in [4.78, 5) is 11.9. The maximum absolute atomic E-state index is 11.9. The number of nitrogens with zero attached hydrogens (tertiary/aromatic N) is 2. The highest BCUT2D eigenvalue weighted by atomic mass is 16.5. The van der Waals surface area contributed by atoms with Gasteiger partial charge in [0.15, 0.2) is 0 Å². The molecule has 0 saturated heterocycles. The Labute approximate surface area is 120 Å². The minimum atomic E-state index is -0.0711. The molecule has 0 spiro atoms.